The summed E-state index contributed by atoms with van der Waals surface area (Å²) in [4.78, 5) is 16.6. The number of methoxy groups -OCH3 is 1. The number of aromatic nitrogens is 2. The molecular formula is C18H19N3O2S. The van der Waals surface area contributed by atoms with Crippen LogP contribution in [0.3, 0.4) is 0 Å². The lowest BCUT2D eigenvalue weighted by atomic mass is 10.1. The number of aryl methyl sites for hydroxylation is 1. The molecule has 0 saturated carbocycles. The second-order valence-corrected chi connectivity index (χ2v) is 6.94. The van der Waals surface area contributed by atoms with Crippen LogP contribution in [0.2, 0.25) is 0 Å². The number of thiophene rings is 1. The van der Waals surface area contributed by atoms with Gasteiger partial charge >= 0.3 is 0 Å². The number of carbonyl (C=O) groups excluding carboxylic acids is 1. The summed E-state index contributed by atoms with van der Waals surface area (Å²) in [6.45, 7) is 2.65. The van der Waals surface area contributed by atoms with E-state index in [-0.39, 0.29) is 5.91 Å². The topological polar surface area (TPSA) is 58.2 Å². The number of hydrogen-bond acceptors (Lipinski definition) is 4. The number of carbonyl (C=O) groups is 1. The summed E-state index contributed by atoms with van der Waals surface area (Å²) in [6.07, 6.45) is 0. The molecule has 24 heavy (non-hydrogen) atoms. The highest BCUT2D eigenvalue weighted by Crippen LogP contribution is 2.22. The molecule has 0 aliphatic heterocycles. The van der Waals surface area contributed by atoms with E-state index in [0.29, 0.717) is 12.2 Å². The first-order valence-electron chi connectivity index (χ1n) is 7.57. The number of hydrogen-bond donors (Lipinski definition) is 1. The molecule has 0 radical (unpaired) electrons. The van der Waals surface area contributed by atoms with Crippen LogP contribution in [0, 0.1) is 6.92 Å². The first-order chi connectivity index (χ1) is 11.6. The summed E-state index contributed by atoms with van der Waals surface area (Å²) >= 11 is 1.70. The predicted octanol–water partition coefficient (Wildman–Crippen LogP) is 3.73. The molecule has 0 atom stereocenters. The zero-order chi connectivity index (χ0) is 17.1. The third kappa shape index (κ3) is 3.49. The van der Waals surface area contributed by atoms with Gasteiger partial charge in [0.2, 0.25) is 0 Å². The molecule has 0 bridgehead atoms. The largest absolute Gasteiger partial charge is 0.497 e. The lowest BCUT2D eigenvalue weighted by Gasteiger charge is -2.14. The van der Waals surface area contributed by atoms with Gasteiger partial charge in [-0.1, -0.05) is 0 Å². The molecule has 5 nitrogen and oxygen atoms in total. The number of nitrogens with zero attached hydrogens (tertiary/aromatic N) is 2. The van der Waals surface area contributed by atoms with Crippen molar-refractivity contribution in [3.05, 3.63) is 57.9 Å². The van der Waals surface area contributed by atoms with E-state index < -0.39 is 0 Å². The van der Waals surface area contributed by atoms with E-state index in [1.54, 1.807) is 36.5 Å². The quantitative estimate of drug-likeness (QED) is 0.769. The number of rotatable bonds is 5. The molecule has 1 amide bonds. The normalized spacial score (nSPS) is 10.6. The maximum absolute atomic E-state index is 12.5. The van der Waals surface area contributed by atoms with Crippen LogP contribution in [0.25, 0.3) is 11.3 Å². The average Bonchev–Trinajstić information content (AvgIpc) is 3.23. The number of amides is 1. The Kier molecular flexibility index (Phi) is 4.66. The van der Waals surface area contributed by atoms with Crippen LogP contribution in [-0.2, 0) is 6.54 Å². The lowest BCUT2D eigenvalue weighted by Crippen LogP contribution is -2.26. The van der Waals surface area contributed by atoms with Gasteiger partial charge in [0.05, 0.1) is 19.3 Å². The number of aromatic amines is 1. The molecule has 2 aromatic heterocycles. The van der Waals surface area contributed by atoms with Crippen LogP contribution in [0.1, 0.15) is 20.2 Å². The van der Waals surface area contributed by atoms with Gasteiger partial charge in [0, 0.05) is 22.4 Å². The first kappa shape index (κ1) is 16.3. The first-order valence-corrected chi connectivity index (χ1v) is 8.39. The molecule has 0 aliphatic carbocycles. The van der Waals surface area contributed by atoms with Gasteiger partial charge in [0.25, 0.3) is 5.91 Å². The van der Waals surface area contributed by atoms with Crippen molar-refractivity contribution in [1.29, 1.82) is 0 Å². The van der Waals surface area contributed by atoms with Crippen LogP contribution in [0.15, 0.2) is 42.5 Å². The highest BCUT2D eigenvalue weighted by Gasteiger charge is 2.16. The molecule has 0 unspecified atom stereocenters. The zero-order valence-electron chi connectivity index (χ0n) is 13.9. The third-order valence-corrected chi connectivity index (χ3v) is 4.72. The molecule has 124 valence electrons. The number of ether oxygens (including phenoxy) is 1. The van der Waals surface area contributed by atoms with Gasteiger partial charge in [0.1, 0.15) is 11.4 Å². The van der Waals surface area contributed by atoms with Crippen LogP contribution in [0.5, 0.6) is 5.75 Å². The molecule has 1 N–H and O–H groups in total. The Hall–Kier alpha value is -2.60. The van der Waals surface area contributed by atoms with Crippen molar-refractivity contribution in [3.8, 4) is 17.0 Å². The zero-order valence-corrected chi connectivity index (χ0v) is 14.7. The summed E-state index contributed by atoms with van der Waals surface area (Å²) in [7, 11) is 3.43. The Morgan fingerprint density at radius 3 is 2.62 bits per heavy atom. The summed E-state index contributed by atoms with van der Waals surface area (Å²) in [5.41, 5.74) is 2.15. The van der Waals surface area contributed by atoms with Gasteiger partial charge in [-0.15, -0.1) is 11.3 Å². The van der Waals surface area contributed by atoms with E-state index in [9.17, 15) is 4.79 Å². The van der Waals surface area contributed by atoms with Crippen molar-refractivity contribution < 1.29 is 9.53 Å². The molecule has 0 spiro atoms. The molecule has 3 aromatic rings. The van der Waals surface area contributed by atoms with E-state index in [1.807, 2.05) is 24.3 Å². The van der Waals surface area contributed by atoms with Crippen molar-refractivity contribution in [3.63, 3.8) is 0 Å². The minimum atomic E-state index is -0.0756. The van der Waals surface area contributed by atoms with E-state index in [0.717, 1.165) is 17.0 Å². The SMILES string of the molecule is COc1ccc(-c2cc(C(=O)N(C)Cc3ccc(C)s3)[nH]n2)cc1. The number of nitrogens with one attached hydrogen (secondary N) is 1. The highest BCUT2D eigenvalue weighted by molar-refractivity contribution is 7.11. The molecule has 0 aliphatic rings. The van der Waals surface area contributed by atoms with E-state index in [2.05, 4.69) is 29.3 Å². The smallest absolute Gasteiger partial charge is 0.271 e. The third-order valence-electron chi connectivity index (χ3n) is 3.73. The molecule has 0 saturated heterocycles. The Balaban J connectivity index is 1.72. The van der Waals surface area contributed by atoms with Gasteiger partial charge in [-0.25, -0.2) is 0 Å². The summed E-state index contributed by atoms with van der Waals surface area (Å²) in [5, 5.41) is 7.08. The van der Waals surface area contributed by atoms with E-state index in [4.69, 9.17) is 4.74 Å². The standard InChI is InChI=1S/C18H19N3O2S/c1-12-4-9-15(24-12)11-21(2)18(22)17-10-16(19-20-17)13-5-7-14(23-3)8-6-13/h4-10H,11H2,1-3H3,(H,19,20). The fourth-order valence-corrected chi connectivity index (χ4v) is 3.37. The summed E-state index contributed by atoms with van der Waals surface area (Å²) in [5.74, 6) is 0.713. The Labute approximate surface area is 144 Å². The highest BCUT2D eigenvalue weighted by atomic mass is 32.1. The molecule has 6 heteroatoms. The molecule has 1 aromatic carbocycles. The van der Waals surface area contributed by atoms with Crippen LogP contribution in [-0.4, -0.2) is 35.2 Å². The number of H-pyrrole nitrogens is 1. The van der Waals surface area contributed by atoms with Gasteiger partial charge < -0.3 is 9.64 Å². The Morgan fingerprint density at radius 1 is 1.25 bits per heavy atom. The Bertz CT molecular complexity index is 836. The maximum Gasteiger partial charge on any atom is 0.271 e. The molecule has 0 fully saturated rings. The molecule has 3 rings (SSSR count). The average molecular weight is 341 g/mol. The van der Waals surface area contributed by atoms with Crippen LogP contribution < -0.4 is 4.74 Å². The van der Waals surface area contributed by atoms with Crippen molar-refractivity contribution in [2.24, 2.45) is 0 Å². The lowest BCUT2D eigenvalue weighted by molar-refractivity contribution is 0.0780. The van der Waals surface area contributed by atoms with E-state index >= 15 is 0 Å². The fraction of sp³-hybridized carbons (Fsp3) is 0.222. The molecular weight excluding hydrogens is 322 g/mol. The molecule has 2 heterocycles. The second kappa shape index (κ2) is 6.88. The van der Waals surface area contributed by atoms with Gasteiger partial charge in [-0.3, -0.25) is 9.89 Å². The van der Waals surface area contributed by atoms with Crippen LogP contribution in [0.4, 0.5) is 0 Å². The predicted molar refractivity (Wildman–Crippen MR) is 95.4 cm³/mol. The fourth-order valence-electron chi connectivity index (χ4n) is 2.42. The minimum absolute atomic E-state index is 0.0756. The number of benzene rings is 1. The van der Waals surface area contributed by atoms with Crippen LogP contribution >= 0.6 is 11.3 Å². The van der Waals surface area contributed by atoms with Crippen molar-refractivity contribution in [1.82, 2.24) is 15.1 Å². The van der Waals surface area contributed by atoms with Gasteiger partial charge in [-0.2, -0.15) is 5.10 Å². The monoisotopic (exact) mass is 341 g/mol. The maximum atomic E-state index is 12.5. The van der Waals surface area contributed by atoms with Crippen molar-refractivity contribution >= 4 is 17.2 Å². The van der Waals surface area contributed by atoms with Gasteiger partial charge in [0.15, 0.2) is 0 Å². The van der Waals surface area contributed by atoms with Crippen molar-refractivity contribution in [2.45, 2.75) is 13.5 Å². The van der Waals surface area contributed by atoms with Gasteiger partial charge in [-0.05, 0) is 49.4 Å². The van der Waals surface area contributed by atoms with Crippen molar-refractivity contribution in [2.75, 3.05) is 14.2 Å². The summed E-state index contributed by atoms with van der Waals surface area (Å²) in [6, 6.07) is 13.5. The van der Waals surface area contributed by atoms with E-state index in [1.165, 1.54) is 9.75 Å². The minimum Gasteiger partial charge on any atom is -0.497 e. The Morgan fingerprint density at radius 2 is 2.00 bits per heavy atom. The second-order valence-electron chi connectivity index (χ2n) is 5.57. The summed E-state index contributed by atoms with van der Waals surface area (Å²) < 4.78 is 5.15.